The lowest BCUT2D eigenvalue weighted by atomic mass is 9.88. The number of hydrogen-bond donors (Lipinski definition) is 3. The van der Waals surface area contributed by atoms with Gasteiger partial charge in [-0.2, -0.15) is 0 Å². The molecule has 0 heterocycles. The van der Waals surface area contributed by atoms with E-state index in [1.807, 2.05) is 0 Å². The Labute approximate surface area is 109 Å². The zero-order valence-electron chi connectivity index (χ0n) is 11.0. The van der Waals surface area contributed by atoms with Crippen molar-refractivity contribution < 1.29 is 9.59 Å². The Hall–Kier alpha value is -1.10. The predicted molar refractivity (Wildman–Crippen MR) is 70.6 cm³/mol. The third-order valence-corrected chi connectivity index (χ3v) is 3.58. The molecule has 1 saturated carbocycles. The average Bonchev–Trinajstić information content (AvgIpc) is 2.38. The Morgan fingerprint density at radius 1 is 1.17 bits per heavy atom. The lowest BCUT2D eigenvalue weighted by Gasteiger charge is -2.23. The monoisotopic (exact) mass is 255 g/mol. The number of hydrogen-bond acceptors (Lipinski definition) is 3. The molecule has 2 amide bonds. The van der Waals surface area contributed by atoms with E-state index in [0.29, 0.717) is 13.0 Å². The van der Waals surface area contributed by atoms with Gasteiger partial charge < -0.3 is 16.8 Å². The minimum atomic E-state index is -0.536. The van der Waals surface area contributed by atoms with Gasteiger partial charge >= 0.3 is 0 Å². The highest BCUT2D eigenvalue weighted by Gasteiger charge is 2.25. The lowest BCUT2D eigenvalue weighted by molar-refractivity contribution is -0.130. The molecule has 0 aromatic heterocycles. The maximum atomic E-state index is 12.0. The average molecular weight is 255 g/mol. The van der Waals surface area contributed by atoms with Gasteiger partial charge in [0.15, 0.2) is 0 Å². The first-order valence-electron chi connectivity index (χ1n) is 6.95. The highest BCUT2D eigenvalue weighted by Crippen LogP contribution is 2.23. The number of carbonyl (C=O) groups is 2. The Bertz CT molecular complexity index is 275. The predicted octanol–water partition coefficient (Wildman–Crippen LogP) is 0.666. The van der Waals surface area contributed by atoms with Gasteiger partial charge in [-0.15, -0.1) is 0 Å². The molecule has 5 nitrogen and oxygen atoms in total. The zero-order valence-corrected chi connectivity index (χ0v) is 11.0. The van der Waals surface area contributed by atoms with Crippen molar-refractivity contribution in [2.24, 2.45) is 17.4 Å². The van der Waals surface area contributed by atoms with Gasteiger partial charge in [-0.3, -0.25) is 9.59 Å². The van der Waals surface area contributed by atoms with Crippen LogP contribution in [0.5, 0.6) is 0 Å². The zero-order chi connectivity index (χ0) is 13.4. The molecule has 0 radical (unpaired) electrons. The molecule has 1 aliphatic carbocycles. The third kappa shape index (κ3) is 5.04. The van der Waals surface area contributed by atoms with E-state index in [0.717, 1.165) is 38.5 Å². The number of unbranched alkanes of at least 4 members (excludes halogenated alkanes) is 1. The molecule has 0 aromatic carbocycles. The molecule has 0 aromatic rings. The minimum absolute atomic E-state index is 0.00810. The van der Waals surface area contributed by atoms with Crippen molar-refractivity contribution in [2.75, 3.05) is 6.54 Å². The second kappa shape index (κ2) is 8.08. The first kappa shape index (κ1) is 15.0. The molecule has 0 unspecified atom stereocenters. The summed E-state index contributed by atoms with van der Waals surface area (Å²) in [5.41, 5.74) is 10.7. The summed E-state index contributed by atoms with van der Waals surface area (Å²) >= 11 is 0. The van der Waals surface area contributed by atoms with E-state index in [4.69, 9.17) is 11.5 Å². The van der Waals surface area contributed by atoms with Crippen LogP contribution in [-0.4, -0.2) is 24.4 Å². The summed E-state index contributed by atoms with van der Waals surface area (Å²) in [6, 6.07) is -0.536. The molecule has 104 valence electrons. The van der Waals surface area contributed by atoms with Gasteiger partial charge in [0.05, 0.1) is 0 Å². The third-order valence-electron chi connectivity index (χ3n) is 3.58. The van der Waals surface area contributed by atoms with Crippen LogP contribution in [-0.2, 0) is 9.59 Å². The first-order chi connectivity index (χ1) is 8.65. The van der Waals surface area contributed by atoms with Crippen LogP contribution in [0.25, 0.3) is 0 Å². The molecule has 1 fully saturated rings. The number of rotatable bonds is 7. The van der Waals surface area contributed by atoms with Crippen LogP contribution >= 0.6 is 0 Å². The second-order valence-corrected chi connectivity index (χ2v) is 5.08. The summed E-state index contributed by atoms with van der Waals surface area (Å²) in [5, 5.41) is 2.79. The van der Waals surface area contributed by atoms with Gasteiger partial charge in [0.25, 0.3) is 0 Å². The van der Waals surface area contributed by atoms with E-state index in [-0.39, 0.29) is 11.8 Å². The largest absolute Gasteiger partial charge is 0.368 e. The molecular weight excluding hydrogens is 230 g/mol. The number of nitrogens with one attached hydrogen (secondary N) is 1. The van der Waals surface area contributed by atoms with Crippen molar-refractivity contribution in [1.29, 1.82) is 0 Å². The van der Waals surface area contributed by atoms with Gasteiger partial charge in [-0.1, -0.05) is 19.3 Å². The van der Waals surface area contributed by atoms with Gasteiger partial charge in [0.2, 0.25) is 11.8 Å². The van der Waals surface area contributed by atoms with E-state index >= 15 is 0 Å². The summed E-state index contributed by atoms with van der Waals surface area (Å²) < 4.78 is 0. The Morgan fingerprint density at radius 3 is 2.39 bits per heavy atom. The molecule has 0 saturated heterocycles. The number of nitrogens with two attached hydrogens (primary N) is 2. The topological polar surface area (TPSA) is 98.2 Å². The molecule has 0 aliphatic heterocycles. The SMILES string of the molecule is NCCCC[C@H](NC(=O)C1CCCCC1)C(N)=O. The minimum Gasteiger partial charge on any atom is -0.368 e. The van der Waals surface area contributed by atoms with Gasteiger partial charge in [0.1, 0.15) is 6.04 Å². The van der Waals surface area contributed by atoms with E-state index in [2.05, 4.69) is 5.32 Å². The van der Waals surface area contributed by atoms with Crippen LogP contribution in [0.15, 0.2) is 0 Å². The fourth-order valence-corrected chi connectivity index (χ4v) is 2.43. The smallest absolute Gasteiger partial charge is 0.239 e. The van der Waals surface area contributed by atoms with Crippen LogP contribution < -0.4 is 16.8 Å². The summed E-state index contributed by atoms with van der Waals surface area (Å²) in [5.74, 6) is -0.391. The van der Waals surface area contributed by atoms with Crippen molar-refractivity contribution in [2.45, 2.75) is 57.4 Å². The second-order valence-electron chi connectivity index (χ2n) is 5.08. The van der Waals surface area contributed by atoms with Crippen LogP contribution in [0, 0.1) is 5.92 Å². The molecule has 1 rings (SSSR count). The van der Waals surface area contributed by atoms with E-state index in [9.17, 15) is 9.59 Å². The first-order valence-corrected chi connectivity index (χ1v) is 6.95. The molecule has 5 N–H and O–H groups in total. The molecule has 0 spiro atoms. The maximum absolute atomic E-state index is 12.0. The van der Waals surface area contributed by atoms with Crippen molar-refractivity contribution in [3.8, 4) is 0 Å². The van der Waals surface area contributed by atoms with Crippen LogP contribution in [0.2, 0.25) is 0 Å². The van der Waals surface area contributed by atoms with Crippen molar-refractivity contribution in [1.82, 2.24) is 5.32 Å². The molecule has 1 aliphatic rings. The van der Waals surface area contributed by atoms with Gasteiger partial charge in [-0.05, 0) is 38.6 Å². The van der Waals surface area contributed by atoms with Crippen molar-refractivity contribution in [3.63, 3.8) is 0 Å². The van der Waals surface area contributed by atoms with Gasteiger partial charge in [0, 0.05) is 5.92 Å². The highest BCUT2D eigenvalue weighted by atomic mass is 16.2. The normalized spacial score (nSPS) is 18.3. The Balaban J connectivity index is 2.38. The van der Waals surface area contributed by atoms with Crippen molar-refractivity contribution in [3.05, 3.63) is 0 Å². The van der Waals surface area contributed by atoms with Crippen molar-refractivity contribution >= 4 is 11.8 Å². The summed E-state index contributed by atoms with van der Waals surface area (Å²) in [6.45, 7) is 0.599. The Kier molecular flexibility index (Phi) is 6.72. The summed E-state index contributed by atoms with van der Waals surface area (Å²) in [4.78, 5) is 23.3. The lowest BCUT2D eigenvalue weighted by Crippen LogP contribution is -2.46. The highest BCUT2D eigenvalue weighted by molar-refractivity contribution is 5.87. The Morgan fingerprint density at radius 2 is 1.83 bits per heavy atom. The van der Waals surface area contributed by atoms with Crippen LogP contribution in [0.3, 0.4) is 0 Å². The van der Waals surface area contributed by atoms with Crippen LogP contribution in [0.4, 0.5) is 0 Å². The van der Waals surface area contributed by atoms with Crippen LogP contribution in [0.1, 0.15) is 51.4 Å². The molecule has 18 heavy (non-hydrogen) atoms. The number of primary amides is 1. The number of amides is 2. The quantitative estimate of drug-likeness (QED) is 0.583. The fraction of sp³-hybridized carbons (Fsp3) is 0.846. The van der Waals surface area contributed by atoms with E-state index in [1.54, 1.807) is 0 Å². The standard InChI is InChI=1S/C13H25N3O2/c14-9-5-4-8-11(12(15)17)16-13(18)10-6-2-1-3-7-10/h10-11H,1-9,14H2,(H2,15,17)(H,16,18)/t11-/m0/s1. The fourth-order valence-electron chi connectivity index (χ4n) is 2.43. The number of carbonyl (C=O) groups excluding carboxylic acids is 2. The molecule has 5 heteroatoms. The van der Waals surface area contributed by atoms with Gasteiger partial charge in [-0.25, -0.2) is 0 Å². The molecule has 0 bridgehead atoms. The van der Waals surface area contributed by atoms with E-state index in [1.165, 1.54) is 6.42 Å². The molecular formula is C13H25N3O2. The summed E-state index contributed by atoms with van der Waals surface area (Å²) in [6.07, 6.45) is 7.53. The summed E-state index contributed by atoms with van der Waals surface area (Å²) in [7, 11) is 0. The molecule has 1 atom stereocenters. The maximum Gasteiger partial charge on any atom is 0.239 e. The van der Waals surface area contributed by atoms with E-state index < -0.39 is 11.9 Å².